The Morgan fingerprint density at radius 3 is 2.61 bits per heavy atom. The number of ether oxygens (including phenoxy) is 1. The van der Waals surface area contributed by atoms with Crippen LogP contribution in [-0.2, 0) is 16.1 Å². The van der Waals surface area contributed by atoms with E-state index in [-0.39, 0.29) is 17.7 Å². The third-order valence-electron chi connectivity index (χ3n) is 5.33. The van der Waals surface area contributed by atoms with Gasteiger partial charge in [0.1, 0.15) is 10.8 Å². The van der Waals surface area contributed by atoms with Crippen LogP contribution >= 0.6 is 23.2 Å². The standard InChI is InChI=1S/C23H27Cl2N3O3/c24-19-6-2-7-20(22(19)25)31-13-3-8-21(29)27-18-5-1-4-16(14-18)15-28-11-9-17(10-12-28)23(26)30/h1-2,4-7,14,17H,3,8-13,15H2,(H2,26,30)(H,27,29). The van der Waals surface area contributed by atoms with Crippen molar-refractivity contribution in [1.82, 2.24) is 4.90 Å². The number of nitrogens with one attached hydrogen (secondary N) is 1. The molecule has 3 N–H and O–H groups in total. The number of carbonyl (C=O) groups excluding carboxylic acids is 2. The first-order valence-electron chi connectivity index (χ1n) is 10.4. The van der Waals surface area contributed by atoms with Gasteiger partial charge >= 0.3 is 0 Å². The van der Waals surface area contributed by atoms with Crippen molar-refractivity contribution in [2.75, 3.05) is 25.0 Å². The van der Waals surface area contributed by atoms with Crippen LogP contribution in [0, 0.1) is 5.92 Å². The van der Waals surface area contributed by atoms with Crippen LogP contribution in [0.3, 0.4) is 0 Å². The molecule has 3 rings (SSSR count). The van der Waals surface area contributed by atoms with Crippen molar-refractivity contribution < 1.29 is 14.3 Å². The predicted molar refractivity (Wildman–Crippen MR) is 123 cm³/mol. The minimum absolute atomic E-state index is 0.0132. The topological polar surface area (TPSA) is 84.7 Å². The maximum Gasteiger partial charge on any atom is 0.224 e. The molecule has 0 aromatic heterocycles. The molecule has 31 heavy (non-hydrogen) atoms. The average Bonchev–Trinajstić information content (AvgIpc) is 2.74. The Kier molecular flexibility index (Phi) is 8.58. The van der Waals surface area contributed by atoms with Gasteiger partial charge in [0.25, 0.3) is 0 Å². The second-order valence-electron chi connectivity index (χ2n) is 7.71. The molecule has 1 aliphatic heterocycles. The number of rotatable bonds is 9. The number of primary amides is 1. The number of piperidine rings is 1. The van der Waals surface area contributed by atoms with Gasteiger partial charge in [0.15, 0.2) is 0 Å². The molecule has 1 heterocycles. The highest BCUT2D eigenvalue weighted by atomic mass is 35.5. The maximum atomic E-state index is 12.3. The quantitative estimate of drug-likeness (QED) is 0.536. The van der Waals surface area contributed by atoms with Crippen molar-refractivity contribution in [2.24, 2.45) is 11.7 Å². The van der Waals surface area contributed by atoms with Crippen LogP contribution < -0.4 is 15.8 Å². The van der Waals surface area contributed by atoms with Gasteiger partial charge < -0.3 is 15.8 Å². The second-order valence-corrected chi connectivity index (χ2v) is 8.49. The third kappa shape index (κ3) is 7.13. The Bertz CT molecular complexity index is 915. The Morgan fingerprint density at radius 2 is 1.87 bits per heavy atom. The molecule has 1 saturated heterocycles. The van der Waals surface area contributed by atoms with Crippen LogP contribution in [0.5, 0.6) is 5.75 Å². The zero-order chi connectivity index (χ0) is 22.2. The molecule has 0 atom stereocenters. The molecule has 2 aromatic carbocycles. The summed E-state index contributed by atoms with van der Waals surface area (Å²) < 4.78 is 5.61. The van der Waals surface area contributed by atoms with Crippen LogP contribution in [-0.4, -0.2) is 36.4 Å². The van der Waals surface area contributed by atoms with Gasteiger partial charge in [-0.3, -0.25) is 14.5 Å². The van der Waals surface area contributed by atoms with E-state index in [0.29, 0.717) is 35.2 Å². The Hall–Kier alpha value is -2.28. The highest BCUT2D eigenvalue weighted by Gasteiger charge is 2.23. The monoisotopic (exact) mass is 463 g/mol. The number of nitrogens with two attached hydrogens (primary N) is 1. The molecule has 2 aromatic rings. The fourth-order valence-electron chi connectivity index (χ4n) is 3.62. The average molecular weight is 464 g/mol. The van der Waals surface area contributed by atoms with E-state index < -0.39 is 0 Å². The Balaban J connectivity index is 1.41. The molecular weight excluding hydrogens is 437 g/mol. The van der Waals surface area contributed by atoms with Crippen LogP contribution in [0.15, 0.2) is 42.5 Å². The van der Waals surface area contributed by atoms with Gasteiger partial charge in [0.2, 0.25) is 11.8 Å². The highest BCUT2D eigenvalue weighted by molar-refractivity contribution is 6.42. The Morgan fingerprint density at radius 1 is 1.13 bits per heavy atom. The number of halogens is 2. The normalized spacial score (nSPS) is 14.9. The van der Waals surface area contributed by atoms with Gasteiger partial charge in [-0.05, 0) is 62.2 Å². The van der Waals surface area contributed by atoms with E-state index in [1.54, 1.807) is 18.2 Å². The van der Waals surface area contributed by atoms with E-state index in [1.165, 1.54) is 0 Å². The fourth-order valence-corrected chi connectivity index (χ4v) is 3.96. The lowest BCUT2D eigenvalue weighted by Gasteiger charge is -2.30. The van der Waals surface area contributed by atoms with Gasteiger partial charge in [-0.15, -0.1) is 0 Å². The lowest BCUT2D eigenvalue weighted by molar-refractivity contribution is -0.123. The summed E-state index contributed by atoms with van der Waals surface area (Å²) in [5, 5.41) is 3.76. The molecule has 0 saturated carbocycles. The zero-order valence-electron chi connectivity index (χ0n) is 17.3. The largest absolute Gasteiger partial charge is 0.492 e. The number of hydrogen-bond acceptors (Lipinski definition) is 4. The number of carbonyl (C=O) groups is 2. The molecule has 0 unspecified atom stereocenters. The first kappa shape index (κ1) is 23.4. The van der Waals surface area contributed by atoms with Crippen LogP contribution in [0.25, 0.3) is 0 Å². The molecule has 1 fully saturated rings. The van der Waals surface area contributed by atoms with Crippen LogP contribution in [0.1, 0.15) is 31.2 Å². The SMILES string of the molecule is NC(=O)C1CCN(Cc2cccc(NC(=O)CCCOc3cccc(Cl)c3Cl)c2)CC1. The van der Waals surface area contributed by atoms with Crippen molar-refractivity contribution in [3.05, 3.63) is 58.1 Å². The molecule has 2 amide bonds. The summed E-state index contributed by atoms with van der Waals surface area (Å²) in [5.41, 5.74) is 7.29. The smallest absolute Gasteiger partial charge is 0.224 e. The predicted octanol–water partition coefficient (Wildman–Crippen LogP) is 4.49. The molecule has 0 bridgehead atoms. The summed E-state index contributed by atoms with van der Waals surface area (Å²) in [6.45, 7) is 2.85. The van der Waals surface area contributed by atoms with Crippen molar-refractivity contribution in [2.45, 2.75) is 32.2 Å². The van der Waals surface area contributed by atoms with Crippen molar-refractivity contribution in [3.63, 3.8) is 0 Å². The summed E-state index contributed by atoms with van der Waals surface area (Å²) in [7, 11) is 0. The summed E-state index contributed by atoms with van der Waals surface area (Å²) in [4.78, 5) is 25.9. The maximum absolute atomic E-state index is 12.3. The van der Waals surface area contributed by atoms with Gasteiger partial charge in [-0.25, -0.2) is 0 Å². The van der Waals surface area contributed by atoms with Crippen molar-refractivity contribution >= 4 is 40.7 Å². The second kappa shape index (κ2) is 11.4. The molecule has 0 spiro atoms. The number of nitrogens with zero attached hydrogens (tertiary/aromatic N) is 1. The number of likely N-dealkylation sites (tertiary alicyclic amines) is 1. The van der Waals surface area contributed by atoms with Gasteiger partial charge in [-0.2, -0.15) is 0 Å². The summed E-state index contributed by atoms with van der Waals surface area (Å²) in [5.74, 6) is 0.230. The van der Waals surface area contributed by atoms with E-state index in [4.69, 9.17) is 33.7 Å². The Labute approximate surface area is 192 Å². The van der Waals surface area contributed by atoms with E-state index in [1.807, 2.05) is 24.3 Å². The number of benzene rings is 2. The molecule has 0 aliphatic carbocycles. The van der Waals surface area contributed by atoms with Crippen molar-refractivity contribution in [3.8, 4) is 5.75 Å². The summed E-state index contributed by atoms with van der Waals surface area (Å²) in [6, 6.07) is 13.0. The molecule has 6 nitrogen and oxygen atoms in total. The molecule has 0 radical (unpaired) electrons. The van der Waals surface area contributed by atoms with E-state index in [0.717, 1.165) is 43.7 Å². The fraction of sp³-hybridized carbons (Fsp3) is 0.391. The molecule has 1 aliphatic rings. The van der Waals surface area contributed by atoms with Crippen molar-refractivity contribution in [1.29, 1.82) is 0 Å². The lowest BCUT2D eigenvalue weighted by Crippen LogP contribution is -2.38. The number of amides is 2. The van der Waals surface area contributed by atoms with Crippen LogP contribution in [0.4, 0.5) is 5.69 Å². The summed E-state index contributed by atoms with van der Waals surface area (Å²) >= 11 is 12.1. The summed E-state index contributed by atoms with van der Waals surface area (Å²) in [6.07, 6.45) is 2.49. The lowest BCUT2D eigenvalue weighted by atomic mass is 9.96. The highest BCUT2D eigenvalue weighted by Crippen LogP contribution is 2.31. The van der Waals surface area contributed by atoms with E-state index >= 15 is 0 Å². The van der Waals surface area contributed by atoms with Crippen LogP contribution in [0.2, 0.25) is 10.0 Å². The van der Waals surface area contributed by atoms with Gasteiger partial charge in [0, 0.05) is 24.6 Å². The molecule has 8 heteroatoms. The number of anilines is 1. The minimum atomic E-state index is -0.203. The van der Waals surface area contributed by atoms with Gasteiger partial charge in [-0.1, -0.05) is 41.4 Å². The first-order valence-corrected chi connectivity index (χ1v) is 11.1. The van der Waals surface area contributed by atoms with E-state index in [9.17, 15) is 9.59 Å². The molecular formula is C23H27Cl2N3O3. The first-order chi connectivity index (χ1) is 14.9. The minimum Gasteiger partial charge on any atom is -0.492 e. The van der Waals surface area contributed by atoms with Gasteiger partial charge in [0.05, 0.1) is 11.6 Å². The van der Waals surface area contributed by atoms with E-state index in [2.05, 4.69) is 10.2 Å². The zero-order valence-corrected chi connectivity index (χ0v) is 18.8. The molecule has 166 valence electrons. The third-order valence-corrected chi connectivity index (χ3v) is 6.13. The number of hydrogen-bond donors (Lipinski definition) is 2.